The van der Waals surface area contributed by atoms with E-state index in [9.17, 15) is 4.79 Å². The molecule has 1 N–H and O–H groups in total. The van der Waals surface area contributed by atoms with Crippen molar-refractivity contribution < 1.29 is 4.79 Å². The molecule has 3 rings (SSSR count). The molecule has 2 nitrogen and oxygen atoms in total. The van der Waals surface area contributed by atoms with E-state index in [1.54, 1.807) is 0 Å². The standard InChI is InChI=1S/C21H16BrCl2NO/c22-16-8-4-15(5-9-16)21(26)13-20(14-6-10-17(23)11-7-14)25-19-3-1-2-18(24)12-19/h1-12,20,25H,13H2/t20-/m1/s1. The number of nitrogens with one attached hydrogen (secondary N) is 1. The molecule has 0 radical (unpaired) electrons. The van der Waals surface area contributed by atoms with Gasteiger partial charge in [-0.05, 0) is 48.0 Å². The van der Waals surface area contributed by atoms with E-state index in [-0.39, 0.29) is 11.8 Å². The van der Waals surface area contributed by atoms with Gasteiger partial charge in [0, 0.05) is 32.2 Å². The SMILES string of the molecule is O=C(C[C@@H](Nc1cccc(Cl)c1)c1ccc(Cl)cc1)c1ccc(Br)cc1. The molecule has 0 heterocycles. The van der Waals surface area contributed by atoms with Gasteiger partial charge in [-0.15, -0.1) is 0 Å². The fourth-order valence-corrected chi connectivity index (χ4v) is 3.25. The third kappa shape index (κ3) is 5.10. The summed E-state index contributed by atoms with van der Waals surface area (Å²) in [5.41, 5.74) is 2.53. The van der Waals surface area contributed by atoms with Crippen LogP contribution >= 0.6 is 39.1 Å². The van der Waals surface area contributed by atoms with E-state index < -0.39 is 0 Å². The zero-order valence-corrected chi connectivity index (χ0v) is 16.9. The summed E-state index contributed by atoms with van der Waals surface area (Å²) in [4.78, 5) is 12.8. The maximum atomic E-state index is 12.8. The molecule has 0 saturated carbocycles. The molecular weight excluding hydrogens is 433 g/mol. The lowest BCUT2D eigenvalue weighted by molar-refractivity contribution is 0.0976. The molecule has 0 bridgehead atoms. The van der Waals surface area contributed by atoms with Crippen LogP contribution in [0.15, 0.2) is 77.3 Å². The molecule has 0 fully saturated rings. The number of anilines is 1. The van der Waals surface area contributed by atoms with Gasteiger partial charge in [-0.2, -0.15) is 0 Å². The van der Waals surface area contributed by atoms with Crippen LogP contribution in [0.25, 0.3) is 0 Å². The highest BCUT2D eigenvalue weighted by Crippen LogP contribution is 2.27. The molecule has 3 aromatic carbocycles. The number of hydrogen-bond acceptors (Lipinski definition) is 2. The predicted octanol–water partition coefficient (Wildman–Crippen LogP) is 7.18. The van der Waals surface area contributed by atoms with Crippen molar-refractivity contribution in [3.05, 3.63) is 98.4 Å². The van der Waals surface area contributed by atoms with Crippen LogP contribution in [0.1, 0.15) is 28.4 Å². The third-order valence-electron chi connectivity index (χ3n) is 3.99. The van der Waals surface area contributed by atoms with Crippen molar-refractivity contribution in [3.63, 3.8) is 0 Å². The van der Waals surface area contributed by atoms with Crippen LogP contribution in [0, 0.1) is 0 Å². The van der Waals surface area contributed by atoms with Crippen molar-refractivity contribution in [1.29, 1.82) is 0 Å². The largest absolute Gasteiger partial charge is 0.378 e. The summed E-state index contributed by atoms with van der Waals surface area (Å²) in [5, 5.41) is 4.71. The molecule has 0 aliphatic carbocycles. The molecule has 3 aromatic rings. The van der Waals surface area contributed by atoms with Crippen molar-refractivity contribution in [3.8, 4) is 0 Å². The van der Waals surface area contributed by atoms with E-state index in [1.807, 2.05) is 72.8 Å². The van der Waals surface area contributed by atoms with Gasteiger partial charge in [0.05, 0.1) is 6.04 Å². The summed E-state index contributed by atoms with van der Waals surface area (Å²) >= 11 is 15.5. The molecule has 1 atom stereocenters. The number of halogens is 3. The highest BCUT2D eigenvalue weighted by Gasteiger charge is 2.17. The molecule has 0 saturated heterocycles. The van der Waals surface area contributed by atoms with Crippen LogP contribution < -0.4 is 5.32 Å². The molecule has 0 spiro atoms. The van der Waals surface area contributed by atoms with Crippen LogP contribution in [0.3, 0.4) is 0 Å². The first kappa shape index (κ1) is 19.0. The Morgan fingerprint density at radius 3 is 2.27 bits per heavy atom. The normalized spacial score (nSPS) is 11.8. The molecule has 5 heteroatoms. The minimum Gasteiger partial charge on any atom is -0.378 e. The minimum absolute atomic E-state index is 0.0620. The molecule has 26 heavy (non-hydrogen) atoms. The summed E-state index contributed by atoms with van der Waals surface area (Å²) in [5.74, 6) is 0.0620. The topological polar surface area (TPSA) is 29.1 Å². The maximum absolute atomic E-state index is 12.8. The Kier molecular flexibility index (Phi) is 6.36. The molecule has 0 amide bonds. The van der Waals surface area contributed by atoms with Crippen LogP contribution in [-0.2, 0) is 0 Å². The van der Waals surface area contributed by atoms with E-state index in [4.69, 9.17) is 23.2 Å². The quantitative estimate of drug-likeness (QED) is 0.404. The molecular formula is C21H16BrCl2NO. The van der Waals surface area contributed by atoms with Gasteiger partial charge >= 0.3 is 0 Å². The minimum atomic E-state index is -0.193. The number of rotatable bonds is 6. The Morgan fingerprint density at radius 1 is 0.923 bits per heavy atom. The zero-order chi connectivity index (χ0) is 18.5. The number of hydrogen-bond donors (Lipinski definition) is 1. The van der Waals surface area contributed by atoms with E-state index in [0.717, 1.165) is 15.7 Å². The van der Waals surface area contributed by atoms with Crippen LogP contribution in [0.5, 0.6) is 0 Å². The highest BCUT2D eigenvalue weighted by molar-refractivity contribution is 9.10. The first-order valence-electron chi connectivity index (χ1n) is 8.07. The summed E-state index contributed by atoms with van der Waals surface area (Å²) in [6.45, 7) is 0. The van der Waals surface area contributed by atoms with Gasteiger partial charge in [-0.3, -0.25) is 4.79 Å². The molecule has 0 unspecified atom stereocenters. The van der Waals surface area contributed by atoms with E-state index in [2.05, 4.69) is 21.2 Å². The second-order valence-electron chi connectivity index (χ2n) is 5.89. The monoisotopic (exact) mass is 447 g/mol. The second kappa shape index (κ2) is 8.72. The Bertz CT molecular complexity index is 895. The van der Waals surface area contributed by atoms with Gasteiger partial charge in [0.2, 0.25) is 0 Å². The molecule has 0 aliphatic rings. The Hall–Kier alpha value is -1.81. The Balaban J connectivity index is 1.85. The fraction of sp³-hybridized carbons (Fsp3) is 0.0952. The predicted molar refractivity (Wildman–Crippen MR) is 112 cm³/mol. The van der Waals surface area contributed by atoms with E-state index in [0.29, 0.717) is 22.0 Å². The van der Waals surface area contributed by atoms with Crippen LogP contribution in [0.4, 0.5) is 5.69 Å². The number of benzene rings is 3. The summed E-state index contributed by atoms with van der Waals surface area (Å²) in [6, 6.07) is 22.2. The van der Waals surface area contributed by atoms with E-state index in [1.165, 1.54) is 0 Å². The first-order chi connectivity index (χ1) is 12.5. The summed E-state index contributed by atoms with van der Waals surface area (Å²) in [7, 11) is 0. The molecule has 0 aliphatic heterocycles. The van der Waals surface area contributed by atoms with Crippen molar-refractivity contribution in [2.24, 2.45) is 0 Å². The molecule has 132 valence electrons. The van der Waals surface area contributed by atoms with Crippen LogP contribution in [0.2, 0.25) is 10.0 Å². The lowest BCUT2D eigenvalue weighted by atomic mass is 9.97. The summed E-state index contributed by atoms with van der Waals surface area (Å²) in [6.07, 6.45) is 0.315. The van der Waals surface area contributed by atoms with Gasteiger partial charge < -0.3 is 5.32 Å². The van der Waals surface area contributed by atoms with Crippen molar-refractivity contribution in [2.45, 2.75) is 12.5 Å². The van der Waals surface area contributed by atoms with Gasteiger partial charge in [0.15, 0.2) is 5.78 Å². The Labute approximate surface area is 171 Å². The lowest BCUT2D eigenvalue weighted by Crippen LogP contribution is -2.15. The third-order valence-corrected chi connectivity index (χ3v) is 5.01. The van der Waals surface area contributed by atoms with Gasteiger partial charge in [0.1, 0.15) is 0 Å². The number of carbonyl (C=O) groups is 1. The average molecular weight is 449 g/mol. The fourth-order valence-electron chi connectivity index (χ4n) is 2.67. The number of Topliss-reactive ketones (excluding diaryl/α,β-unsaturated/α-hetero) is 1. The second-order valence-corrected chi connectivity index (χ2v) is 7.68. The average Bonchev–Trinajstić information content (AvgIpc) is 2.62. The van der Waals surface area contributed by atoms with Gasteiger partial charge in [-0.1, -0.05) is 69.5 Å². The Morgan fingerprint density at radius 2 is 1.62 bits per heavy atom. The van der Waals surface area contributed by atoms with Gasteiger partial charge in [0.25, 0.3) is 0 Å². The summed E-state index contributed by atoms with van der Waals surface area (Å²) < 4.78 is 0.945. The molecule has 0 aromatic heterocycles. The van der Waals surface area contributed by atoms with Gasteiger partial charge in [-0.25, -0.2) is 0 Å². The van der Waals surface area contributed by atoms with Crippen molar-refractivity contribution in [2.75, 3.05) is 5.32 Å². The number of carbonyl (C=O) groups excluding carboxylic acids is 1. The van der Waals surface area contributed by atoms with Crippen molar-refractivity contribution in [1.82, 2.24) is 0 Å². The first-order valence-corrected chi connectivity index (χ1v) is 9.62. The van der Waals surface area contributed by atoms with Crippen molar-refractivity contribution >= 4 is 50.6 Å². The van der Waals surface area contributed by atoms with Crippen LogP contribution in [-0.4, -0.2) is 5.78 Å². The van der Waals surface area contributed by atoms with E-state index >= 15 is 0 Å². The number of ketones is 1. The maximum Gasteiger partial charge on any atom is 0.165 e. The smallest absolute Gasteiger partial charge is 0.165 e. The highest BCUT2D eigenvalue weighted by atomic mass is 79.9. The zero-order valence-electron chi connectivity index (χ0n) is 13.8. The lowest BCUT2D eigenvalue weighted by Gasteiger charge is -2.20.